The number of nitrogens with zero attached hydrogens (tertiary/aromatic N) is 1. The molecule has 1 amide bonds. The van der Waals surface area contributed by atoms with Crippen molar-refractivity contribution in [2.24, 2.45) is 0 Å². The molecule has 35 heavy (non-hydrogen) atoms. The first-order chi connectivity index (χ1) is 16.7. The highest BCUT2D eigenvalue weighted by molar-refractivity contribution is 5.94. The number of carbonyl (C=O) groups is 1. The van der Waals surface area contributed by atoms with Gasteiger partial charge in [-0.15, -0.1) is 13.2 Å². The summed E-state index contributed by atoms with van der Waals surface area (Å²) in [6.45, 7) is 3.38. The van der Waals surface area contributed by atoms with Gasteiger partial charge in [0.05, 0.1) is 6.61 Å². The van der Waals surface area contributed by atoms with Gasteiger partial charge in [0, 0.05) is 37.1 Å². The van der Waals surface area contributed by atoms with E-state index in [4.69, 9.17) is 9.47 Å². The van der Waals surface area contributed by atoms with E-state index in [9.17, 15) is 18.0 Å². The fraction of sp³-hybridized carbons (Fsp3) is 0.296. The number of hydrogen-bond donors (Lipinski definition) is 0. The summed E-state index contributed by atoms with van der Waals surface area (Å²) < 4.78 is 53.5. The summed E-state index contributed by atoms with van der Waals surface area (Å²) in [7, 11) is 0. The summed E-state index contributed by atoms with van der Waals surface area (Å²) in [5.74, 6) is -0.305. The maximum atomic E-state index is 12.9. The van der Waals surface area contributed by atoms with Crippen LogP contribution in [0.2, 0.25) is 0 Å². The number of likely N-dealkylation sites (tertiary alicyclic amines) is 1. The van der Waals surface area contributed by atoms with E-state index in [1.165, 1.54) is 12.1 Å². The Hall–Kier alpha value is -3.52. The normalized spacial score (nSPS) is 17.0. The summed E-state index contributed by atoms with van der Waals surface area (Å²) in [6, 6.07) is 19.0. The minimum Gasteiger partial charge on any atom is -0.462 e. The number of fused-ring (bicyclic) bond motifs is 1. The second-order valence-electron chi connectivity index (χ2n) is 8.86. The Kier molecular flexibility index (Phi) is 5.92. The third-order valence-electron chi connectivity index (χ3n) is 6.35. The van der Waals surface area contributed by atoms with Gasteiger partial charge in [-0.05, 0) is 54.4 Å². The minimum atomic E-state index is -4.72. The van der Waals surface area contributed by atoms with Gasteiger partial charge < -0.3 is 19.1 Å². The Bertz CT molecular complexity index is 1230. The number of carbonyl (C=O) groups excluding carboxylic acids is 1. The Morgan fingerprint density at radius 3 is 2.37 bits per heavy atom. The van der Waals surface area contributed by atoms with E-state index < -0.39 is 12.1 Å². The van der Waals surface area contributed by atoms with Crippen molar-refractivity contribution in [3.05, 3.63) is 83.4 Å². The van der Waals surface area contributed by atoms with Crippen LogP contribution in [-0.4, -0.2) is 36.0 Å². The summed E-state index contributed by atoms with van der Waals surface area (Å²) >= 11 is 0. The quantitative estimate of drug-likeness (QED) is 0.452. The summed E-state index contributed by atoms with van der Waals surface area (Å²) in [6.07, 6.45) is -3.60. The molecule has 1 fully saturated rings. The van der Waals surface area contributed by atoms with Gasteiger partial charge in [-0.1, -0.05) is 35.9 Å². The van der Waals surface area contributed by atoms with Crippen LogP contribution >= 0.6 is 0 Å². The molecule has 0 aromatic heterocycles. The fourth-order valence-electron chi connectivity index (χ4n) is 4.52. The molecular weight excluding hydrogens is 459 g/mol. The molecule has 0 aliphatic carbocycles. The van der Waals surface area contributed by atoms with Crippen LogP contribution in [-0.2, 0) is 11.3 Å². The Labute approximate surface area is 201 Å². The number of ether oxygens (including phenoxy) is 3. The largest absolute Gasteiger partial charge is 0.573 e. The fourth-order valence-corrected chi connectivity index (χ4v) is 4.52. The molecule has 0 radical (unpaired) electrons. The lowest BCUT2D eigenvalue weighted by molar-refractivity contribution is -0.274. The predicted octanol–water partition coefficient (Wildman–Crippen LogP) is 6.10. The molecule has 0 unspecified atom stereocenters. The number of aryl methyl sites for hydroxylation is 1. The van der Waals surface area contributed by atoms with Crippen LogP contribution < -0.4 is 9.47 Å². The highest BCUT2D eigenvalue weighted by Gasteiger charge is 2.42. The van der Waals surface area contributed by atoms with Gasteiger partial charge in [0.2, 0.25) is 5.79 Å². The Morgan fingerprint density at radius 1 is 0.971 bits per heavy atom. The van der Waals surface area contributed by atoms with Crippen LogP contribution in [0.4, 0.5) is 13.2 Å². The van der Waals surface area contributed by atoms with E-state index in [-0.39, 0.29) is 11.7 Å². The lowest BCUT2D eigenvalue weighted by Crippen LogP contribution is -2.52. The molecule has 5 rings (SSSR count). The molecule has 3 aromatic carbocycles. The predicted molar refractivity (Wildman–Crippen MR) is 123 cm³/mol. The zero-order valence-corrected chi connectivity index (χ0v) is 19.1. The van der Waals surface area contributed by atoms with Crippen LogP contribution in [0.25, 0.3) is 11.1 Å². The molecule has 5 nitrogen and oxygen atoms in total. The molecule has 0 bridgehead atoms. The van der Waals surface area contributed by atoms with Gasteiger partial charge in [-0.3, -0.25) is 4.79 Å². The van der Waals surface area contributed by atoms with Crippen molar-refractivity contribution in [3.63, 3.8) is 0 Å². The van der Waals surface area contributed by atoms with Crippen LogP contribution in [0.15, 0.2) is 66.7 Å². The second kappa shape index (κ2) is 8.92. The molecule has 8 heteroatoms. The maximum Gasteiger partial charge on any atom is 0.573 e. The summed E-state index contributed by atoms with van der Waals surface area (Å²) in [5.41, 5.74) is 4.18. The molecule has 2 heterocycles. The third-order valence-corrected chi connectivity index (χ3v) is 6.35. The first-order valence-corrected chi connectivity index (χ1v) is 11.4. The number of amides is 1. The molecule has 2 aliphatic heterocycles. The minimum absolute atomic E-state index is 0.0102. The monoisotopic (exact) mass is 483 g/mol. The standard InChI is InChI=1S/C27H24F3NO4/c1-18-3-2-4-21(15-18)25(32)31-13-11-26(12-14-31)33-17-22-16-20(7-10-24(22)35-26)19-5-8-23(9-6-19)34-27(28,29)30/h2-10,15-16H,11-14,17H2,1H3. The molecular formula is C27H24F3NO4. The van der Waals surface area contributed by atoms with Crippen molar-refractivity contribution in [1.29, 1.82) is 0 Å². The summed E-state index contributed by atoms with van der Waals surface area (Å²) in [5, 5.41) is 0. The van der Waals surface area contributed by atoms with Gasteiger partial charge in [-0.25, -0.2) is 0 Å². The number of piperidine rings is 1. The van der Waals surface area contributed by atoms with Crippen molar-refractivity contribution in [2.75, 3.05) is 13.1 Å². The SMILES string of the molecule is Cc1cccc(C(=O)N2CCC3(CC2)OCc2cc(-c4ccc(OC(F)(F)F)cc4)ccc2O3)c1. The van der Waals surface area contributed by atoms with E-state index in [0.29, 0.717) is 38.1 Å². The topological polar surface area (TPSA) is 48.0 Å². The van der Waals surface area contributed by atoms with Gasteiger partial charge in [0.15, 0.2) is 0 Å². The zero-order valence-electron chi connectivity index (χ0n) is 19.1. The number of benzene rings is 3. The molecule has 2 aliphatic rings. The molecule has 182 valence electrons. The number of hydrogen-bond acceptors (Lipinski definition) is 4. The molecule has 3 aromatic rings. The van der Waals surface area contributed by atoms with Crippen molar-refractivity contribution >= 4 is 5.91 Å². The van der Waals surface area contributed by atoms with E-state index >= 15 is 0 Å². The maximum absolute atomic E-state index is 12.9. The van der Waals surface area contributed by atoms with E-state index in [1.54, 1.807) is 12.1 Å². The van der Waals surface area contributed by atoms with E-state index in [1.807, 2.05) is 54.3 Å². The smallest absolute Gasteiger partial charge is 0.462 e. The van der Waals surface area contributed by atoms with Crippen molar-refractivity contribution < 1.29 is 32.2 Å². The van der Waals surface area contributed by atoms with E-state index in [0.717, 1.165) is 28.0 Å². The lowest BCUT2D eigenvalue weighted by Gasteiger charge is -2.44. The van der Waals surface area contributed by atoms with Crippen molar-refractivity contribution in [2.45, 2.75) is 38.5 Å². The first kappa shape index (κ1) is 23.2. The zero-order chi connectivity index (χ0) is 24.6. The van der Waals surface area contributed by atoms with Gasteiger partial charge >= 0.3 is 6.36 Å². The average Bonchev–Trinajstić information content (AvgIpc) is 2.83. The van der Waals surface area contributed by atoms with Crippen molar-refractivity contribution in [1.82, 2.24) is 4.90 Å². The number of alkyl halides is 3. The van der Waals surface area contributed by atoms with E-state index in [2.05, 4.69) is 4.74 Å². The second-order valence-corrected chi connectivity index (χ2v) is 8.86. The molecule has 0 atom stereocenters. The highest BCUT2D eigenvalue weighted by Crippen LogP contribution is 2.39. The van der Waals surface area contributed by atoms with Crippen LogP contribution in [0, 0.1) is 6.92 Å². The first-order valence-electron chi connectivity index (χ1n) is 11.4. The number of halogens is 3. The van der Waals surface area contributed by atoms with Crippen LogP contribution in [0.5, 0.6) is 11.5 Å². The lowest BCUT2D eigenvalue weighted by atomic mass is 9.98. The third kappa shape index (κ3) is 5.12. The Morgan fingerprint density at radius 2 is 1.69 bits per heavy atom. The van der Waals surface area contributed by atoms with Crippen LogP contribution in [0.3, 0.4) is 0 Å². The Balaban J connectivity index is 1.24. The molecule has 0 saturated carbocycles. The average molecular weight is 483 g/mol. The van der Waals surface area contributed by atoms with Gasteiger partial charge in [-0.2, -0.15) is 0 Å². The molecule has 0 N–H and O–H groups in total. The highest BCUT2D eigenvalue weighted by atomic mass is 19.4. The number of rotatable bonds is 3. The van der Waals surface area contributed by atoms with Gasteiger partial charge in [0.1, 0.15) is 11.5 Å². The van der Waals surface area contributed by atoms with Crippen LogP contribution in [0.1, 0.15) is 34.3 Å². The molecule has 1 spiro atoms. The molecule has 1 saturated heterocycles. The van der Waals surface area contributed by atoms with Gasteiger partial charge in [0.25, 0.3) is 5.91 Å². The summed E-state index contributed by atoms with van der Waals surface area (Å²) in [4.78, 5) is 14.7. The van der Waals surface area contributed by atoms with Crippen molar-refractivity contribution in [3.8, 4) is 22.6 Å².